The Morgan fingerprint density at radius 2 is 2.15 bits per heavy atom. The first-order valence-electron chi connectivity index (χ1n) is 4.17. The lowest BCUT2D eigenvalue weighted by molar-refractivity contribution is 0.100. The molecule has 0 saturated heterocycles. The average Bonchev–Trinajstić information content (AvgIpc) is 2.27. The Balaban J connectivity index is 2.51. The number of ketones is 1. The molecule has 0 radical (unpaired) electrons. The summed E-state index contributed by atoms with van der Waals surface area (Å²) in [5, 5.41) is 3.08. The molecule has 1 aliphatic rings. The second kappa shape index (κ2) is 3.01. The molecule has 66 valence electrons. The van der Waals surface area contributed by atoms with Gasteiger partial charge in [0, 0.05) is 5.56 Å². The van der Waals surface area contributed by atoms with E-state index in [1.807, 2.05) is 31.2 Å². The highest BCUT2D eigenvalue weighted by Gasteiger charge is 2.13. The van der Waals surface area contributed by atoms with E-state index >= 15 is 0 Å². The Morgan fingerprint density at radius 3 is 3.00 bits per heavy atom. The number of hydrogen-bond donors (Lipinski definition) is 1. The number of Topliss-reactive ketones (excluding diaryl/α,β-unsaturated/α-hetero) is 1. The van der Waals surface area contributed by atoms with Gasteiger partial charge >= 0.3 is 0 Å². The number of carbonyl (C=O) groups is 1. The van der Waals surface area contributed by atoms with Crippen molar-refractivity contribution in [2.45, 2.75) is 6.92 Å². The summed E-state index contributed by atoms with van der Waals surface area (Å²) in [6.07, 6.45) is 0. The SMILES string of the molecule is CC1=NCC(=O)c2ccccc2N1. The summed E-state index contributed by atoms with van der Waals surface area (Å²) >= 11 is 0. The summed E-state index contributed by atoms with van der Waals surface area (Å²) in [6.45, 7) is 2.10. The Morgan fingerprint density at radius 1 is 1.38 bits per heavy atom. The molecular formula is C10H10N2O. The van der Waals surface area contributed by atoms with E-state index in [2.05, 4.69) is 10.3 Å². The van der Waals surface area contributed by atoms with Gasteiger partial charge in [-0.15, -0.1) is 0 Å². The van der Waals surface area contributed by atoms with E-state index in [9.17, 15) is 4.79 Å². The fourth-order valence-electron chi connectivity index (χ4n) is 1.35. The van der Waals surface area contributed by atoms with Gasteiger partial charge in [0.2, 0.25) is 0 Å². The molecule has 1 aromatic rings. The van der Waals surface area contributed by atoms with Crippen molar-refractivity contribution in [1.29, 1.82) is 0 Å². The van der Waals surface area contributed by atoms with E-state index in [-0.39, 0.29) is 12.3 Å². The first-order chi connectivity index (χ1) is 6.27. The zero-order valence-corrected chi connectivity index (χ0v) is 7.37. The first-order valence-corrected chi connectivity index (χ1v) is 4.17. The number of hydrogen-bond acceptors (Lipinski definition) is 3. The van der Waals surface area contributed by atoms with Gasteiger partial charge in [-0.25, -0.2) is 0 Å². The van der Waals surface area contributed by atoms with Crippen LogP contribution in [0.2, 0.25) is 0 Å². The fourth-order valence-corrected chi connectivity index (χ4v) is 1.35. The van der Waals surface area contributed by atoms with Crippen LogP contribution >= 0.6 is 0 Å². The number of amidine groups is 1. The average molecular weight is 174 g/mol. The normalized spacial score (nSPS) is 15.5. The minimum atomic E-state index is 0.0694. The molecule has 13 heavy (non-hydrogen) atoms. The zero-order chi connectivity index (χ0) is 9.26. The smallest absolute Gasteiger partial charge is 0.186 e. The van der Waals surface area contributed by atoms with E-state index < -0.39 is 0 Å². The predicted molar refractivity (Wildman–Crippen MR) is 52.4 cm³/mol. The van der Waals surface area contributed by atoms with Gasteiger partial charge in [0.05, 0.1) is 11.5 Å². The standard InChI is InChI=1S/C10H10N2O/c1-7-11-6-10(13)8-4-2-3-5-9(8)12-7/h2-5H,6H2,1H3,(H,11,12). The third kappa shape index (κ3) is 1.45. The van der Waals surface area contributed by atoms with Crippen LogP contribution in [-0.2, 0) is 0 Å². The van der Waals surface area contributed by atoms with Gasteiger partial charge in [-0.3, -0.25) is 9.79 Å². The minimum absolute atomic E-state index is 0.0694. The van der Waals surface area contributed by atoms with Crippen LogP contribution in [0.25, 0.3) is 0 Å². The molecule has 3 nitrogen and oxygen atoms in total. The summed E-state index contributed by atoms with van der Waals surface area (Å²) < 4.78 is 0. The highest BCUT2D eigenvalue weighted by molar-refractivity contribution is 6.09. The Bertz CT molecular complexity index is 382. The van der Waals surface area contributed by atoms with Crippen molar-refractivity contribution < 1.29 is 4.79 Å². The molecule has 0 fully saturated rings. The number of fused-ring (bicyclic) bond motifs is 1. The Kier molecular flexibility index (Phi) is 1.85. The lowest BCUT2D eigenvalue weighted by atomic mass is 10.1. The van der Waals surface area contributed by atoms with Crippen LogP contribution in [0.15, 0.2) is 29.3 Å². The molecule has 1 aromatic carbocycles. The molecule has 0 atom stereocenters. The van der Waals surface area contributed by atoms with E-state index in [0.717, 1.165) is 17.1 Å². The van der Waals surface area contributed by atoms with Crippen LogP contribution in [0.1, 0.15) is 17.3 Å². The third-order valence-corrected chi connectivity index (χ3v) is 2.00. The molecule has 0 aliphatic carbocycles. The highest BCUT2D eigenvalue weighted by Crippen LogP contribution is 2.17. The van der Waals surface area contributed by atoms with E-state index in [1.54, 1.807) is 0 Å². The minimum Gasteiger partial charge on any atom is -0.344 e. The number of anilines is 1. The number of para-hydroxylation sites is 1. The van der Waals surface area contributed by atoms with E-state index in [1.165, 1.54) is 0 Å². The molecule has 0 unspecified atom stereocenters. The van der Waals surface area contributed by atoms with Gasteiger partial charge in [-0.2, -0.15) is 0 Å². The molecule has 0 saturated carbocycles. The number of rotatable bonds is 0. The van der Waals surface area contributed by atoms with Gasteiger partial charge in [0.1, 0.15) is 6.54 Å². The summed E-state index contributed by atoms with van der Waals surface area (Å²) in [5.74, 6) is 0.859. The monoisotopic (exact) mass is 174 g/mol. The van der Waals surface area contributed by atoms with Crippen LogP contribution in [0.3, 0.4) is 0 Å². The lowest BCUT2D eigenvalue weighted by Gasteiger charge is -2.05. The molecule has 1 N–H and O–H groups in total. The maximum atomic E-state index is 11.5. The largest absolute Gasteiger partial charge is 0.344 e. The highest BCUT2D eigenvalue weighted by atomic mass is 16.1. The topological polar surface area (TPSA) is 41.5 Å². The first kappa shape index (κ1) is 7.98. The quantitative estimate of drug-likeness (QED) is 0.650. The summed E-state index contributed by atoms with van der Waals surface area (Å²) in [4.78, 5) is 15.6. The van der Waals surface area contributed by atoms with E-state index in [0.29, 0.717) is 0 Å². The van der Waals surface area contributed by atoms with E-state index in [4.69, 9.17) is 0 Å². The Labute approximate surface area is 76.5 Å². The molecular weight excluding hydrogens is 164 g/mol. The van der Waals surface area contributed by atoms with Crippen molar-refractivity contribution in [2.24, 2.45) is 4.99 Å². The van der Waals surface area contributed by atoms with Crippen molar-refractivity contribution in [3.63, 3.8) is 0 Å². The number of nitrogens with one attached hydrogen (secondary N) is 1. The van der Waals surface area contributed by atoms with Crippen molar-refractivity contribution in [3.05, 3.63) is 29.8 Å². The van der Waals surface area contributed by atoms with Crippen LogP contribution in [0.5, 0.6) is 0 Å². The van der Waals surface area contributed by atoms with Crippen molar-refractivity contribution >= 4 is 17.3 Å². The number of benzene rings is 1. The van der Waals surface area contributed by atoms with Crippen LogP contribution in [0.4, 0.5) is 5.69 Å². The van der Waals surface area contributed by atoms with Crippen LogP contribution in [-0.4, -0.2) is 18.2 Å². The van der Waals surface area contributed by atoms with Gasteiger partial charge in [-0.05, 0) is 19.1 Å². The molecule has 0 amide bonds. The summed E-state index contributed by atoms with van der Waals surface area (Å²) in [6, 6.07) is 7.47. The van der Waals surface area contributed by atoms with Crippen LogP contribution in [0, 0.1) is 0 Å². The van der Waals surface area contributed by atoms with Gasteiger partial charge in [-0.1, -0.05) is 12.1 Å². The van der Waals surface area contributed by atoms with Crippen LogP contribution < -0.4 is 5.32 Å². The molecule has 0 bridgehead atoms. The molecule has 0 spiro atoms. The van der Waals surface area contributed by atoms with Crippen molar-refractivity contribution in [1.82, 2.24) is 0 Å². The van der Waals surface area contributed by atoms with Gasteiger partial charge in [0.25, 0.3) is 0 Å². The van der Waals surface area contributed by atoms with Crippen molar-refractivity contribution in [2.75, 3.05) is 11.9 Å². The third-order valence-electron chi connectivity index (χ3n) is 2.00. The summed E-state index contributed by atoms with van der Waals surface area (Å²) in [5.41, 5.74) is 1.58. The maximum absolute atomic E-state index is 11.5. The predicted octanol–water partition coefficient (Wildman–Crippen LogP) is 1.71. The second-order valence-corrected chi connectivity index (χ2v) is 3.00. The van der Waals surface area contributed by atoms with Gasteiger partial charge in [0.15, 0.2) is 5.78 Å². The number of carbonyl (C=O) groups excluding carboxylic acids is 1. The number of aliphatic imine (C=N–C) groups is 1. The molecule has 1 aliphatic heterocycles. The molecule has 0 aromatic heterocycles. The van der Waals surface area contributed by atoms with Crippen molar-refractivity contribution in [3.8, 4) is 0 Å². The molecule has 3 heteroatoms. The maximum Gasteiger partial charge on any atom is 0.186 e. The zero-order valence-electron chi connectivity index (χ0n) is 7.37. The lowest BCUT2D eigenvalue weighted by Crippen LogP contribution is -2.06. The van der Waals surface area contributed by atoms with Gasteiger partial charge < -0.3 is 5.32 Å². The fraction of sp³-hybridized carbons (Fsp3) is 0.200. The summed E-state index contributed by atoms with van der Waals surface area (Å²) in [7, 11) is 0. The number of nitrogens with zero attached hydrogens (tertiary/aromatic N) is 1. The molecule has 1 heterocycles. The Hall–Kier alpha value is -1.64. The molecule has 2 rings (SSSR count). The second-order valence-electron chi connectivity index (χ2n) is 3.00.